The number of hydrogen-bond acceptors (Lipinski definition) is 6. The largest absolute Gasteiger partial charge is 0.493 e. The molecule has 0 radical (unpaired) electrons. The van der Waals surface area contributed by atoms with Crippen molar-refractivity contribution >= 4 is 17.4 Å². The maximum absolute atomic E-state index is 13.0. The quantitative estimate of drug-likeness (QED) is 0.417. The van der Waals surface area contributed by atoms with Crippen LogP contribution in [0.25, 0.3) is 0 Å². The number of hydrogen-bond donors (Lipinski definition) is 2. The average Bonchev–Trinajstić information content (AvgIpc) is 2.65. The molecule has 0 fully saturated rings. The summed E-state index contributed by atoms with van der Waals surface area (Å²) in [6.45, 7) is 9.75. The van der Waals surface area contributed by atoms with E-state index in [0.29, 0.717) is 23.5 Å². The van der Waals surface area contributed by atoms with E-state index in [0.717, 1.165) is 0 Å². The summed E-state index contributed by atoms with van der Waals surface area (Å²) >= 11 is 0. The molecule has 6 nitrogen and oxygen atoms in total. The molecule has 2 rings (SSSR count). The second kappa shape index (κ2) is 9.09. The SMILES string of the molecule is CC(C)COc1cc(C(=O)c2ccccc2)c(N)c(C(N)C(=O)OC(C)(C)C)c1. The van der Waals surface area contributed by atoms with Gasteiger partial charge in [0.15, 0.2) is 5.78 Å². The van der Waals surface area contributed by atoms with Crippen LogP contribution in [-0.4, -0.2) is 24.0 Å². The lowest BCUT2D eigenvalue weighted by atomic mass is 9.95. The molecule has 6 heteroatoms. The molecule has 2 aromatic carbocycles. The Morgan fingerprint density at radius 3 is 2.24 bits per heavy atom. The zero-order chi connectivity index (χ0) is 21.8. The number of esters is 1. The van der Waals surface area contributed by atoms with E-state index in [1.165, 1.54) is 0 Å². The van der Waals surface area contributed by atoms with Gasteiger partial charge in [0.25, 0.3) is 0 Å². The highest BCUT2D eigenvalue weighted by Gasteiger charge is 2.28. The number of rotatable bonds is 7. The maximum Gasteiger partial charge on any atom is 0.328 e. The summed E-state index contributed by atoms with van der Waals surface area (Å²) in [6.07, 6.45) is 0. The van der Waals surface area contributed by atoms with Crippen LogP contribution >= 0.6 is 0 Å². The topological polar surface area (TPSA) is 105 Å². The Hall–Kier alpha value is -2.86. The number of nitrogens with two attached hydrogens (primary N) is 2. The fourth-order valence-electron chi connectivity index (χ4n) is 2.68. The van der Waals surface area contributed by atoms with E-state index < -0.39 is 17.6 Å². The summed E-state index contributed by atoms with van der Waals surface area (Å²) in [5, 5.41) is 0. The van der Waals surface area contributed by atoms with Gasteiger partial charge in [-0.15, -0.1) is 0 Å². The standard InChI is InChI=1S/C23H30N2O4/c1-14(2)13-28-16-11-17(20(25)22(27)29-23(3,4)5)19(24)18(12-16)21(26)15-9-7-6-8-10-15/h6-12,14,20H,13,24-25H2,1-5H3. The Labute approximate surface area is 172 Å². The lowest BCUT2D eigenvalue weighted by molar-refractivity contribution is -0.156. The van der Waals surface area contributed by atoms with Crippen molar-refractivity contribution in [1.82, 2.24) is 0 Å². The molecule has 1 atom stereocenters. The van der Waals surface area contributed by atoms with Gasteiger partial charge in [-0.2, -0.15) is 0 Å². The number of carbonyl (C=O) groups excluding carboxylic acids is 2. The molecule has 0 aliphatic rings. The van der Waals surface area contributed by atoms with Crippen LogP contribution in [0.15, 0.2) is 42.5 Å². The van der Waals surface area contributed by atoms with E-state index in [-0.39, 0.29) is 23.0 Å². The minimum atomic E-state index is -1.14. The van der Waals surface area contributed by atoms with Crippen LogP contribution in [0, 0.1) is 5.92 Å². The summed E-state index contributed by atoms with van der Waals surface area (Å²) in [6, 6.07) is 10.8. The summed E-state index contributed by atoms with van der Waals surface area (Å²) in [5.41, 5.74) is 12.9. The molecule has 29 heavy (non-hydrogen) atoms. The summed E-state index contributed by atoms with van der Waals surface area (Å²) in [4.78, 5) is 25.5. The molecule has 2 aromatic rings. The molecule has 0 aliphatic carbocycles. The van der Waals surface area contributed by atoms with Gasteiger partial charge in [-0.25, -0.2) is 4.79 Å². The number of benzene rings is 2. The predicted molar refractivity (Wildman–Crippen MR) is 114 cm³/mol. The lowest BCUT2D eigenvalue weighted by Crippen LogP contribution is -2.32. The first kappa shape index (κ1) is 22.4. The molecule has 4 N–H and O–H groups in total. The highest BCUT2D eigenvalue weighted by molar-refractivity contribution is 6.13. The predicted octanol–water partition coefficient (Wildman–Crippen LogP) is 3.88. The third-order valence-electron chi connectivity index (χ3n) is 4.05. The Balaban J connectivity index is 2.50. The Morgan fingerprint density at radius 1 is 1.07 bits per heavy atom. The molecule has 0 saturated heterocycles. The number of nitrogen functional groups attached to an aromatic ring is 1. The smallest absolute Gasteiger partial charge is 0.328 e. The van der Waals surface area contributed by atoms with E-state index in [9.17, 15) is 9.59 Å². The number of ketones is 1. The van der Waals surface area contributed by atoms with Crippen molar-refractivity contribution in [3.8, 4) is 5.75 Å². The van der Waals surface area contributed by atoms with Crippen LogP contribution in [0.4, 0.5) is 5.69 Å². The fourth-order valence-corrected chi connectivity index (χ4v) is 2.68. The van der Waals surface area contributed by atoms with Gasteiger partial charge < -0.3 is 20.9 Å². The van der Waals surface area contributed by atoms with E-state index >= 15 is 0 Å². The number of carbonyl (C=O) groups is 2. The van der Waals surface area contributed by atoms with Crippen LogP contribution in [-0.2, 0) is 9.53 Å². The highest BCUT2D eigenvalue weighted by atomic mass is 16.6. The minimum absolute atomic E-state index is 0.147. The third kappa shape index (κ3) is 6.06. The van der Waals surface area contributed by atoms with Crippen LogP contribution in [0.1, 0.15) is 62.1 Å². The molecule has 156 valence electrons. The molecular weight excluding hydrogens is 368 g/mol. The van der Waals surface area contributed by atoms with Crippen molar-refractivity contribution < 1.29 is 19.1 Å². The molecule has 0 bridgehead atoms. The van der Waals surface area contributed by atoms with Crippen molar-refractivity contribution in [2.75, 3.05) is 12.3 Å². The number of ether oxygens (including phenoxy) is 2. The normalized spacial score (nSPS) is 12.5. The van der Waals surface area contributed by atoms with Crippen LogP contribution in [0.5, 0.6) is 5.75 Å². The van der Waals surface area contributed by atoms with E-state index in [1.807, 2.05) is 19.9 Å². The van der Waals surface area contributed by atoms with Gasteiger partial charge in [0.2, 0.25) is 0 Å². The van der Waals surface area contributed by atoms with Gasteiger partial charge in [-0.05, 0) is 38.8 Å². The molecule has 0 aromatic heterocycles. The highest BCUT2D eigenvalue weighted by Crippen LogP contribution is 2.32. The van der Waals surface area contributed by atoms with Crippen LogP contribution in [0.3, 0.4) is 0 Å². The van der Waals surface area contributed by atoms with Gasteiger partial charge in [0, 0.05) is 22.4 Å². The second-order valence-corrected chi connectivity index (χ2v) is 8.38. The first-order chi connectivity index (χ1) is 13.5. The van der Waals surface area contributed by atoms with Crippen LogP contribution < -0.4 is 16.2 Å². The number of anilines is 1. The molecule has 0 amide bonds. The van der Waals surface area contributed by atoms with Crippen molar-refractivity contribution in [1.29, 1.82) is 0 Å². The Morgan fingerprint density at radius 2 is 1.69 bits per heavy atom. The zero-order valence-electron chi connectivity index (χ0n) is 17.7. The van der Waals surface area contributed by atoms with Crippen molar-refractivity contribution in [2.24, 2.45) is 11.7 Å². The molecule has 0 aliphatic heterocycles. The van der Waals surface area contributed by atoms with Gasteiger partial charge in [-0.1, -0.05) is 44.2 Å². The van der Waals surface area contributed by atoms with Crippen molar-refractivity contribution in [3.05, 3.63) is 59.2 Å². The van der Waals surface area contributed by atoms with Crippen molar-refractivity contribution in [3.63, 3.8) is 0 Å². The molecule has 1 unspecified atom stereocenters. The monoisotopic (exact) mass is 398 g/mol. The Bertz CT molecular complexity index is 870. The fraction of sp³-hybridized carbons (Fsp3) is 0.391. The van der Waals surface area contributed by atoms with E-state index in [1.54, 1.807) is 57.2 Å². The van der Waals surface area contributed by atoms with Gasteiger partial charge >= 0.3 is 5.97 Å². The second-order valence-electron chi connectivity index (χ2n) is 8.38. The molecule has 0 spiro atoms. The van der Waals surface area contributed by atoms with Gasteiger partial charge in [0.05, 0.1) is 6.61 Å². The first-order valence-corrected chi connectivity index (χ1v) is 9.64. The minimum Gasteiger partial charge on any atom is -0.493 e. The summed E-state index contributed by atoms with van der Waals surface area (Å²) < 4.78 is 11.2. The Kier molecular flexibility index (Phi) is 7.03. The molecule has 0 heterocycles. The van der Waals surface area contributed by atoms with Crippen LogP contribution in [0.2, 0.25) is 0 Å². The molecule has 0 saturated carbocycles. The van der Waals surface area contributed by atoms with E-state index in [2.05, 4.69) is 0 Å². The van der Waals surface area contributed by atoms with Gasteiger partial charge in [-0.3, -0.25) is 4.79 Å². The zero-order valence-corrected chi connectivity index (χ0v) is 17.7. The lowest BCUT2D eigenvalue weighted by Gasteiger charge is -2.24. The summed E-state index contributed by atoms with van der Waals surface area (Å²) in [7, 11) is 0. The summed E-state index contributed by atoms with van der Waals surface area (Å²) in [5.74, 6) is -0.177. The van der Waals surface area contributed by atoms with Crippen molar-refractivity contribution in [2.45, 2.75) is 46.3 Å². The maximum atomic E-state index is 13.0. The third-order valence-corrected chi connectivity index (χ3v) is 4.05. The molecular formula is C23H30N2O4. The van der Waals surface area contributed by atoms with E-state index in [4.69, 9.17) is 20.9 Å². The van der Waals surface area contributed by atoms with Gasteiger partial charge in [0.1, 0.15) is 17.4 Å². The average molecular weight is 399 g/mol. The first-order valence-electron chi connectivity index (χ1n) is 9.64.